The average molecular weight is 330 g/mol. The zero-order chi connectivity index (χ0) is 17.7. The molecule has 0 aliphatic heterocycles. The standard InChI is InChI=1S/C18H19FN2O3/c1-12-4-3-5-15(10-12)21-17(23)16(22)20-11-18(2,24)13-6-8-14(19)9-7-13/h3-10,24H,11H2,1-2H3,(H,20,22)(H,21,23). The van der Waals surface area contributed by atoms with Crippen molar-refractivity contribution < 1.29 is 19.1 Å². The molecule has 0 saturated carbocycles. The van der Waals surface area contributed by atoms with E-state index in [-0.39, 0.29) is 6.54 Å². The Morgan fingerprint density at radius 1 is 1.12 bits per heavy atom. The Hall–Kier alpha value is -2.73. The molecule has 1 atom stereocenters. The first-order chi connectivity index (χ1) is 11.3. The number of aliphatic hydroxyl groups is 1. The molecule has 2 aromatic carbocycles. The summed E-state index contributed by atoms with van der Waals surface area (Å²) in [5.41, 5.74) is 0.476. The molecule has 2 rings (SSSR count). The summed E-state index contributed by atoms with van der Waals surface area (Å²) in [6.07, 6.45) is 0. The van der Waals surface area contributed by atoms with Gasteiger partial charge in [-0.05, 0) is 49.2 Å². The first-order valence-electron chi connectivity index (χ1n) is 7.42. The minimum Gasteiger partial charge on any atom is -0.384 e. The van der Waals surface area contributed by atoms with Crippen LogP contribution in [0.5, 0.6) is 0 Å². The highest BCUT2D eigenvalue weighted by atomic mass is 19.1. The van der Waals surface area contributed by atoms with E-state index in [1.54, 1.807) is 18.2 Å². The number of halogens is 1. The van der Waals surface area contributed by atoms with Gasteiger partial charge >= 0.3 is 11.8 Å². The Morgan fingerprint density at radius 3 is 2.42 bits per heavy atom. The Labute approximate surface area is 139 Å². The van der Waals surface area contributed by atoms with Gasteiger partial charge in [-0.15, -0.1) is 0 Å². The maximum absolute atomic E-state index is 12.9. The van der Waals surface area contributed by atoms with E-state index in [9.17, 15) is 19.1 Å². The molecule has 0 aromatic heterocycles. The molecule has 0 aliphatic carbocycles. The van der Waals surface area contributed by atoms with Crippen molar-refractivity contribution in [3.05, 3.63) is 65.5 Å². The summed E-state index contributed by atoms with van der Waals surface area (Å²) in [5.74, 6) is -2.11. The topological polar surface area (TPSA) is 78.4 Å². The summed E-state index contributed by atoms with van der Waals surface area (Å²) in [6.45, 7) is 3.16. The molecule has 2 aromatic rings. The van der Waals surface area contributed by atoms with Gasteiger partial charge in [-0.1, -0.05) is 24.3 Å². The maximum atomic E-state index is 12.9. The van der Waals surface area contributed by atoms with Crippen LogP contribution in [0.25, 0.3) is 0 Å². The highest BCUT2D eigenvalue weighted by molar-refractivity contribution is 6.39. The maximum Gasteiger partial charge on any atom is 0.313 e. The average Bonchev–Trinajstić information content (AvgIpc) is 2.53. The zero-order valence-electron chi connectivity index (χ0n) is 13.5. The Bertz CT molecular complexity index is 742. The second kappa shape index (κ2) is 7.23. The summed E-state index contributed by atoms with van der Waals surface area (Å²) < 4.78 is 12.9. The number of anilines is 1. The molecule has 0 saturated heterocycles. The number of rotatable bonds is 4. The van der Waals surface area contributed by atoms with Crippen LogP contribution in [0.1, 0.15) is 18.1 Å². The summed E-state index contributed by atoms with van der Waals surface area (Å²) in [5, 5.41) is 15.2. The van der Waals surface area contributed by atoms with Crippen LogP contribution in [0.2, 0.25) is 0 Å². The molecule has 3 N–H and O–H groups in total. The molecular weight excluding hydrogens is 311 g/mol. The van der Waals surface area contributed by atoms with E-state index in [1.807, 2.05) is 13.0 Å². The van der Waals surface area contributed by atoms with Crippen LogP contribution >= 0.6 is 0 Å². The summed E-state index contributed by atoms with van der Waals surface area (Å²) >= 11 is 0. The number of nitrogens with one attached hydrogen (secondary N) is 2. The lowest BCUT2D eigenvalue weighted by molar-refractivity contribution is -0.136. The van der Waals surface area contributed by atoms with Crippen LogP contribution in [-0.4, -0.2) is 23.5 Å². The minimum absolute atomic E-state index is 0.182. The van der Waals surface area contributed by atoms with Gasteiger partial charge in [-0.2, -0.15) is 0 Å². The molecule has 0 spiro atoms. The molecule has 126 valence electrons. The number of carbonyl (C=O) groups excluding carboxylic acids is 2. The lowest BCUT2D eigenvalue weighted by atomic mass is 9.96. The second-order valence-electron chi connectivity index (χ2n) is 5.79. The molecule has 2 amide bonds. The molecule has 0 heterocycles. The van der Waals surface area contributed by atoms with E-state index >= 15 is 0 Å². The lowest BCUT2D eigenvalue weighted by Gasteiger charge is -2.24. The lowest BCUT2D eigenvalue weighted by Crippen LogP contribution is -2.43. The van der Waals surface area contributed by atoms with E-state index in [2.05, 4.69) is 10.6 Å². The van der Waals surface area contributed by atoms with Crippen LogP contribution in [-0.2, 0) is 15.2 Å². The van der Waals surface area contributed by atoms with Crippen molar-refractivity contribution in [2.45, 2.75) is 19.4 Å². The highest BCUT2D eigenvalue weighted by Crippen LogP contribution is 2.19. The SMILES string of the molecule is Cc1cccc(NC(=O)C(=O)NCC(C)(O)c2ccc(F)cc2)c1. The monoisotopic (exact) mass is 330 g/mol. The molecule has 24 heavy (non-hydrogen) atoms. The number of hydrogen-bond donors (Lipinski definition) is 3. The fourth-order valence-electron chi connectivity index (χ4n) is 2.15. The Kier molecular flexibility index (Phi) is 5.31. The van der Waals surface area contributed by atoms with Gasteiger partial charge < -0.3 is 15.7 Å². The van der Waals surface area contributed by atoms with Crippen molar-refractivity contribution >= 4 is 17.5 Å². The van der Waals surface area contributed by atoms with Gasteiger partial charge in [0, 0.05) is 5.69 Å². The second-order valence-corrected chi connectivity index (χ2v) is 5.79. The van der Waals surface area contributed by atoms with Crippen molar-refractivity contribution in [3.63, 3.8) is 0 Å². The normalized spacial score (nSPS) is 13.0. The van der Waals surface area contributed by atoms with Crippen molar-refractivity contribution in [3.8, 4) is 0 Å². The molecule has 0 radical (unpaired) electrons. The van der Waals surface area contributed by atoms with Gasteiger partial charge in [-0.25, -0.2) is 4.39 Å². The van der Waals surface area contributed by atoms with Crippen LogP contribution < -0.4 is 10.6 Å². The van der Waals surface area contributed by atoms with Gasteiger partial charge in [0.2, 0.25) is 0 Å². The predicted octanol–water partition coefficient (Wildman–Crippen LogP) is 2.10. The number of aryl methyl sites for hydroxylation is 1. The van der Waals surface area contributed by atoms with Crippen LogP contribution in [0.15, 0.2) is 48.5 Å². The number of hydrogen-bond acceptors (Lipinski definition) is 3. The van der Waals surface area contributed by atoms with Crippen molar-refractivity contribution in [1.29, 1.82) is 0 Å². The first-order valence-corrected chi connectivity index (χ1v) is 7.42. The van der Waals surface area contributed by atoms with Crippen LogP contribution in [0, 0.1) is 12.7 Å². The van der Waals surface area contributed by atoms with E-state index in [4.69, 9.17) is 0 Å². The quantitative estimate of drug-likeness (QED) is 0.751. The van der Waals surface area contributed by atoms with Gasteiger partial charge in [-0.3, -0.25) is 9.59 Å². The van der Waals surface area contributed by atoms with E-state index in [1.165, 1.54) is 31.2 Å². The number of carbonyl (C=O) groups is 2. The highest BCUT2D eigenvalue weighted by Gasteiger charge is 2.25. The van der Waals surface area contributed by atoms with Crippen LogP contribution in [0.4, 0.5) is 10.1 Å². The fourth-order valence-corrected chi connectivity index (χ4v) is 2.15. The zero-order valence-corrected chi connectivity index (χ0v) is 13.5. The summed E-state index contributed by atoms with van der Waals surface area (Å²) in [4.78, 5) is 23.7. The third-order valence-corrected chi connectivity index (χ3v) is 3.54. The molecule has 0 bridgehead atoms. The van der Waals surface area contributed by atoms with E-state index < -0.39 is 23.2 Å². The molecule has 6 heteroatoms. The van der Waals surface area contributed by atoms with Crippen LogP contribution in [0.3, 0.4) is 0 Å². The fraction of sp³-hybridized carbons (Fsp3) is 0.222. The molecule has 0 aliphatic rings. The Morgan fingerprint density at radius 2 is 1.79 bits per heavy atom. The molecule has 0 fully saturated rings. The number of amides is 2. The third-order valence-electron chi connectivity index (χ3n) is 3.54. The predicted molar refractivity (Wildman–Crippen MR) is 88.8 cm³/mol. The number of benzene rings is 2. The Balaban J connectivity index is 1.94. The summed E-state index contributed by atoms with van der Waals surface area (Å²) in [7, 11) is 0. The largest absolute Gasteiger partial charge is 0.384 e. The summed E-state index contributed by atoms with van der Waals surface area (Å²) in [6, 6.07) is 12.3. The van der Waals surface area contributed by atoms with Gasteiger partial charge in [0.15, 0.2) is 0 Å². The molecule has 5 nitrogen and oxygen atoms in total. The van der Waals surface area contributed by atoms with Gasteiger partial charge in [0.25, 0.3) is 0 Å². The molecule has 1 unspecified atom stereocenters. The smallest absolute Gasteiger partial charge is 0.313 e. The minimum atomic E-state index is -1.42. The van der Waals surface area contributed by atoms with E-state index in [0.29, 0.717) is 11.3 Å². The van der Waals surface area contributed by atoms with Crippen molar-refractivity contribution in [2.24, 2.45) is 0 Å². The first kappa shape index (κ1) is 17.6. The van der Waals surface area contributed by atoms with E-state index in [0.717, 1.165) is 5.56 Å². The third kappa shape index (κ3) is 4.63. The molecular formula is C18H19FN2O3. The van der Waals surface area contributed by atoms with Crippen molar-refractivity contribution in [1.82, 2.24) is 5.32 Å². The van der Waals surface area contributed by atoms with Gasteiger partial charge in [0.1, 0.15) is 11.4 Å². The van der Waals surface area contributed by atoms with Gasteiger partial charge in [0.05, 0.1) is 6.54 Å². The van der Waals surface area contributed by atoms with Crippen molar-refractivity contribution in [2.75, 3.05) is 11.9 Å².